The Bertz CT molecular complexity index is 357. The number of hydrogen-bond acceptors (Lipinski definition) is 3. The monoisotopic (exact) mass is 231 g/mol. The third-order valence-corrected chi connectivity index (χ3v) is 2.10. The van der Waals surface area contributed by atoms with E-state index in [0.29, 0.717) is 6.54 Å². The van der Waals surface area contributed by atoms with Gasteiger partial charge in [-0.25, -0.2) is 4.39 Å². The van der Waals surface area contributed by atoms with Crippen molar-refractivity contribution in [3.63, 3.8) is 0 Å². The van der Waals surface area contributed by atoms with Crippen LogP contribution in [-0.4, -0.2) is 19.6 Å². The minimum atomic E-state index is -0.451. The predicted molar refractivity (Wildman–Crippen MR) is 55.1 cm³/mol. The first kappa shape index (κ1) is 11.9. The molecule has 0 spiro atoms. The predicted octanol–water partition coefficient (Wildman–Crippen LogP) is 1.74. The topological polar surface area (TPSA) is 38.3 Å². The molecule has 0 saturated heterocycles. The summed E-state index contributed by atoms with van der Waals surface area (Å²) in [6, 6.07) is 4.41. The molecule has 0 radical (unpaired) electrons. The summed E-state index contributed by atoms with van der Waals surface area (Å²) in [7, 11) is 1.32. The van der Waals surface area contributed by atoms with Crippen molar-refractivity contribution in [2.45, 2.75) is 6.54 Å². The van der Waals surface area contributed by atoms with Crippen LogP contribution in [0.1, 0.15) is 5.56 Å². The van der Waals surface area contributed by atoms with Crippen LogP contribution in [0.5, 0.6) is 0 Å². The van der Waals surface area contributed by atoms with Crippen molar-refractivity contribution in [1.82, 2.24) is 5.32 Å². The van der Waals surface area contributed by atoms with E-state index in [1.54, 1.807) is 6.07 Å². The lowest BCUT2D eigenvalue weighted by Gasteiger charge is -2.04. The Morgan fingerprint density at radius 2 is 2.33 bits per heavy atom. The highest BCUT2D eigenvalue weighted by Crippen LogP contribution is 2.15. The maximum atomic E-state index is 12.8. The molecule has 0 aromatic heterocycles. The van der Waals surface area contributed by atoms with Crippen LogP contribution >= 0.6 is 11.6 Å². The molecule has 1 aromatic rings. The first-order valence-electron chi connectivity index (χ1n) is 4.35. The number of nitrogens with one attached hydrogen (secondary N) is 1. The summed E-state index contributed by atoms with van der Waals surface area (Å²) in [5.41, 5.74) is 0.810. The van der Waals surface area contributed by atoms with Gasteiger partial charge in [0, 0.05) is 6.54 Å². The number of rotatable bonds is 4. The zero-order valence-corrected chi connectivity index (χ0v) is 8.97. The molecule has 0 unspecified atom stereocenters. The van der Waals surface area contributed by atoms with Crippen LogP contribution in [0.4, 0.5) is 4.39 Å². The van der Waals surface area contributed by atoms with Crippen LogP contribution in [0.15, 0.2) is 18.2 Å². The number of carbonyl (C=O) groups excluding carboxylic acids is 1. The molecule has 82 valence electrons. The van der Waals surface area contributed by atoms with Crippen LogP contribution in [0.25, 0.3) is 0 Å². The summed E-state index contributed by atoms with van der Waals surface area (Å²) in [5.74, 6) is -0.795. The maximum absolute atomic E-state index is 12.8. The molecule has 0 aliphatic heterocycles. The summed E-state index contributed by atoms with van der Waals surface area (Å²) in [4.78, 5) is 10.8. The van der Waals surface area contributed by atoms with Crippen molar-refractivity contribution >= 4 is 17.6 Å². The van der Waals surface area contributed by atoms with E-state index >= 15 is 0 Å². The molecule has 3 nitrogen and oxygen atoms in total. The van der Waals surface area contributed by atoms with E-state index in [-0.39, 0.29) is 17.5 Å². The van der Waals surface area contributed by atoms with Gasteiger partial charge in [-0.1, -0.05) is 17.7 Å². The van der Waals surface area contributed by atoms with E-state index in [9.17, 15) is 9.18 Å². The quantitative estimate of drug-likeness (QED) is 0.803. The summed E-state index contributed by atoms with van der Waals surface area (Å²) < 4.78 is 17.2. The number of methoxy groups -OCH3 is 1. The van der Waals surface area contributed by atoms with Gasteiger partial charge in [0.25, 0.3) is 0 Å². The fourth-order valence-corrected chi connectivity index (χ4v) is 1.23. The summed E-state index contributed by atoms with van der Waals surface area (Å²) in [5, 5.41) is 2.92. The van der Waals surface area contributed by atoms with Gasteiger partial charge in [0.1, 0.15) is 5.82 Å². The van der Waals surface area contributed by atoms with Gasteiger partial charge in [0.15, 0.2) is 0 Å². The Kier molecular flexibility index (Phi) is 4.52. The number of carbonyl (C=O) groups is 1. The second kappa shape index (κ2) is 5.68. The van der Waals surface area contributed by atoms with Gasteiger partial charge in [-0.3, -0.25) is 4.79 Å². The molecule has 0 fully saturated rings. The van der Waals surface area contributed by atoms with Crippen LogP contribution in [0.3, 0.4) is 0 Å². The summed E-state index contributed by atoms with van der Waals surface area (Å²) in [6.07, 6.45) is 0. The van der Waals surface area contributed by atoms with E-state index in [4.69, 9.17) is 11.6 Å². The van der Waals surface area contributed by atoms with Crippen molar-refractivity contribution in [2.24, 2.45) is 0 Å². The van der Waals surface area contributed by atoms with E-state index in [1.165, 1.54) is 19.2 Å². The van der Waals surface area contributed by atoms with Gasteiger partial charge in [-0.15, -0.1) is 0 Å². The molecule has 1 N–H and O–H groups in total. The third-order valence-electron chi connectivity index (χ3n) is 1.81. The molecule has 15 heavy (non-hydrogen) atoms. The number of esters is 1. The third kappa shape index (κ3) is 3.85. The van der Waals surface area contributed by atoms with Crippen molar-refractivity contribution < 1.29 is 13.9 Å². The van der Waals surface area contributed by atoms with Crippen LogP contribution in [0, 0.1) is 5.82 Å². The lowest BCUT2D eigenvalue weighted by molar-refractivity contribution is -0.139. The lowest BCUT2D eigenvalue weighted by Crippen LogP contribution is -2.23. The Labute approximate surface area is 92.2 Å². The molecular formula is C10H11ClFNO2. The summed E-state index contributed by atoms with van der Waals surface area (Å²) in [6.45, 7) is 0.556. The van der Waals surface area contributed by atoms with Gasteiger partial charge >= 0.3 is 5.97 Å². The number of halogens is 2. The van der Waals surface area contributed by atoms with Crippen LogP contribution in [0.2, 0.25) is 5.02 Å². The normalized spacial score (nSPS) is 10.1. The second-order valence-electron chi connectivity index (χ2n) is 2.93. The number of ether oxygens (including phenoxy) is 1. The van der Waals surface area contributed by atoms with Gasteiger partial charge in [0.2, 0.25) is 0 Å². The van der Waals surface area contributed by atoms with Gasteiger partial charge in [0.05, 0.1) is 18.7 Å². The molecule has 1 rings (SSSR count). The minimum Gasteiger partial charge on any atom is -0.468 e. The highest BCUT2D eigenvalue weighted by atomic mass is 35.5. The second-order valence-corrected chi connectivity index (χ2v) is 3.34. The molecule has 0 aliphatic carbocycles. The van der Waals surface area contributed by atoms with Gasteiger partial charge in [-0.2, -0.15) is 0 Å². The SMILES string of the molecule is COC(=O)CNCc1ccc(F)c(Cl)c1. The first-order valence-corrected chi connectivity index (χ1v) is 4.72. The standard InChI is InChI=1S/C10H11ClFNO2/c1-15-10(14)6-13-5-7-2-3-9(12)8(11)4-7/h2-4,13H,5-6H2,1H3. The van der Waals surface area contributed by atoms with Crippen LogP contribution < -0.4 is 5.32 Å². The largest absolute Gasteiger partial charge is 0.468 e. The minimum absolute atomic E-state index is 0.0763. The van der Waals surface area contributed by atoms with Gasteiger partial charge in [-0.05, 0) is 17.7 Å². The average molecular weight is 232 g/mol. The Morgan fingerprint density at radius 1 is 1.60 bits per heavy atom. The van der Waals surface area contributed by atoms with Crippen LogP contribution in [-0.2, 0) is 16.1 Å². The van der Waals surface area contributed by atoms with E-state index < -0.39 is 5.82 Å². The average Bonchev–Trinajstić information content (AvgIpc) is 2.23. The Hall–Kier alpha value is -1.13. The zero-order chi connectivity index (χ0) is 11.3. The molecule has 0 heterocycles. The van der Waals surface area contributed by atoms with Crippen molar-refractivity contribution in [1.29, 1.82) is 0 Å². The fourth-order valence-electron chi connectivity index (χ4n) is 1.03. The lowest BCUT2D eigenvalue weighted by atomic mass is 10.2. The molecule has 5 heteroatoms. The maximum Gasteiger partial charge on any atom is 0.319 e. The molecule has 1 aromatic carbocycles. The molecule has 0 atom stereocenters. The van der Waals surface area contributed by atoms with E-state index in [0.717, 1.165) is 5.56 Å². The fraction of sp³-hybridized carbons (Fsp3) is 0.300. The molecule has 0 saturated carbocycles. The molecule has 0 bridgehead atoms. The van der Waals surface area contributed by atoms with E-state index in [2.05, 4.69) is 10.1 Å². The highest BCUT2D eigenvalue weighted by molar-refractivity contribution is 6.30. The molecular weight excluding hydrogens is 221 g/mol. The first-order chi connectivity index (χ1) is 7.13. The Morgan fingerprint density at radius 3 is 2.93 bits per heavy atom. The van der Waals surface area contributed by atoms with Gasteiger partial charge < -0.3 is 10.1 Å². The Balaban J connectivity index is 2.44. The molecule has 0 aliphatic rings. The highest BCUT2D eigenvalue weighted by Gasteiger charge is 2.02. The van der Waals surface area contributed by atoms with Crippen molar-refractivity contribution in [3.05, 3.63) is 34.6 Å². The number of hydrogen-bond donors (Lipinski definition) is 1. The summed E-state index contributed by atoms with van der Waals surface area (Å²) >= 11 is 5.59. The van der Waals surface area contributed by atoms with Crippen molar-refractivity contribution in [2.75, 3.05) is 13.7 Å². The zero-order valence-electron chi connectivity index (χ0n) is 8.22. The van der Waals surface area contributed by atoms with E-state index in [1.807, 2.05) is 0 Å². The van der Waals surface area contributed by atoms with Crippen molar-refractivity contribution in [3.8, 4) is 0 Å². The molecule has 0 amide bonds. The number of benzene rings is 1. The smallest absolute Gasteiger partial charge is 0.319 e.